The fraction of sp³-hybridized carbons (Fsp3) is 0.143. The van der Waals surface area contributed by atoms with Crippen LogP contribution in [0, 0.1) is 13.8 Å². The zero-order chi connectivity index (χ0) is 18.8. The van der Waals surface area contributed by atoms with Gasteiger partial charge in [-0.25, -0.2) is 27.7 Å². The van der Waals surface area contributed by atoms with Crippen LogP contribution in [-0.4, -0.2) is 40.4 Å². The molecular formula is C14H14N4O6S. The quantitative estimate of drug-likeness (QED) is 0.666. The molecule has 25 heavy (non-hydrogen) atoms. The molecule has 1 heterocycles. The van der Waals surface area contributed by atoms with E-state index in [1.807, 2.05) is 0 Å². The van der Waals surface area contributed by atoms with Crippen LogP contribution in [0.25, 0.3) is 0 Å². The number of aryl methyl sites for hydroxylation is 2. The minimum Gasteiger partial charge on any atom is -0.478 e. The molecule has 0 aliphatic heterocycles. The topological polar surface area (TPSA) is 151 Å². The van der Waals surface area contributed by atoms with E-state index in [4.69, 9.17) is 5.11 Å². The van der Waals surface area contributed by atoms with Crippen LogP contribution in [0.15, 0.2) is 40.2 Å². The summed E-state index contributed by atoms with van der Waals surface area (Å²) in [6.45, 7) is 3.13. The second-order valence-electron chi connectivity index (χ2n) is 4.97. The summed E-state index contributed by atoms with van der Waals surface area (Å²) >= 11 is 0. The first kappa shape index (κ1) is 18.1. The molecule has 0 aliphatic carbocycles. The predicted molar refractivity (Wildman–Crippen MR) is 83.6 cm³/mol. The van der Waals surface area contributed by atoms with Crippen molar-refractivity contribution in [1.29, 1.82) is 0 Å². The molecule has 0 radical (unpaired) electrons. The summed E-state index contributed by atoms with van der Waals surface area (Å²) in [6.07, 6.45) is 0. The molecule has 11 heteroatoms. The number of aromatic carboxylic acids is 1. The lowest BCUT2D eigenvalue weighted by molar-refractivity contribution is 0.0692. The van der Waals surface area contributed by atoms with E-state index in [0.29, 0.717) is 16.1 Å². The molecule has 1 aromatic carbocycles. The average molecular weight is 366 g/mol. The molecule has 2 amide bonds. The predicted octanol–water partition coefficient (Wildman–Crippen LogP) is 0.435. The van der Waals surface area contributed by atoms with Gasteiger partial charge >= 0.3 is 12.0 Å². The van der Waals surface area contributed by atoms with Crippen molar-refractivity contribution in [3.63, 3.8) is 0 Å². The highest BCUT2D eigenvalue weighted by Crippen LogP contribution is 2.15. The van der Waals surface area contributed by atoms with Gasteiger partial charge in [-0.05, 0) is 32.0 Å². The highest BCUT2D eigenvalue weighted by molar-refractivity contribution is 7.90. The summed E-state index contributed by atoms with van der Waals surface area (Å²) in [6, 6.07) is 4.99. The van der Waals surface area contributed by atoms with Gasteiger partial charge in [-0.1, -0.05) is 12.1 Å². The van der Waals surface area contributed by atoms with E-state index < -0.39 is 38.1 Å². The number of sulfonamides is 1. The third-order valence-corrected chi connectivity index (χ3v) is 4.43. The van der Waals surface area contributed by atoms with Gasteiger partial charge in [0.05, 0.1) is 11.3 Å². The number of carboxylic acids is 1. The highest BCUT2D eigenvalue weighted by Gasteiger charge is 2.23. The highest BCUT2D eigenvalue weighted by atomic mass is 32.2. The van der Waals surface area contributed by atoms with E-state index in [9.17, 15) is 23.2 Å². The number of carboxylic acid groups (broad SMARTS) is 1. The molecule has 0 saturated heterocycles. The number of nitrogens with zero attached hydrogens (tertiary/aromatic N) is 3. The standard InChI is InChI=1S/C14H14N4O6S/c1-8-7-9(2)18(22)13(15-8)16-14(21)17-25(23,24)11-6-4-3-5-10(11)12(19)20/h3-7,22H,1-2H3,(H,17,21)(H,19,20). The maximum absolute atomic E-state index is 12.2. The van der Waals surface area contributed by atoms with Crippen LogP contribution in [0.4, 0.5) is 4.79 Å². The van der Waals surface area contributed by atoms with Crippen LogP contribution in [0.1, 0.15) is 21.7 Å². The summed E-state index contributed by atoms with van der Waals surface area (Å²) in [4.78, 5) is 29.6. The molecule has 1 aromatic heterocycles. The van der Waals surface area contributed by atoms with Gasteiger partial charge in [0.15, 0.2) is 0 Å². The van der Waals surface area contributed by atoms with E-state index in [2.05, 4.69) is 9.98 Å². The average Bonchev–Trinajstić information content (AvgIpc) is 2.51. The molecule has 10 nitrogen and oxygen atoms in total. The molecule has 0 saturated carbocycles. The summed E-state index contributed by atoms with van der Waals surface area (Å²) < 4.78 is 26.6. The van der Waals surface area contributed by atoms with E-state index in [-0.39, 0.29) is 0 Å². The fourth-order valence-corrected chi connectivity index (χ4v) is 3.08. The lowest BCUT2D eigenvalue weighted by Crippen LogP contribution is -2.33. The van der Waals surface area contributed by atoms with Crippen LogP contribution < -0.4 is 10.3 Å². The monoisotopic (exact) mass is 366 g/mol. The fourth-order valence-electron chi connectivity index (χ4n) is 1.99. The summed E-state index contributed by atoms with van der Waals surface area (Å²) in [5.74, 6) is -1.46. The Morgan fingerprint density at radius 3 is 2.52 bits per heavy atom. The molecule has 0 fully saturated rings. The van der Waals surface area contributed by atoms with Crippen LogP contribution in [0.3, 0.4) is 0 Å². The number of hydrogen-bond donors (Lipinski definition) is 3. The largest absolute Gasteiger partial charge is 0.478 e. The van der Waals surface area contributed by atoms with Crippen LogP contribution in [-0.2, 0) is 10.0 Å². The van der Waals surface area contributed by atoms with Gasteiger partial charge in [0.25, 0.3) is 15.6 Å². The zero-order valence-corrected chi connectivity index (χ0v) is 14.0. The Bertz CT molecular complexity index is 1030. The van der Waals surface area contributed by atoms with Gasteiger partial charge in [-0.2, -0.15) is 9.72 Å². The summed E-state index contributed by atoms with van der Waals surface area (Å²) in [5, 5.41) is 18.8. The van der Waals surface area contributed by atoms with Crippen molar-refractivity contribution in [1.82, 2.24) is 14.4 Å². The molecule has 3 N–H and O–H groups in total. The number of hydrogen-bond acceptors (Lipinski definition) is 6. The number of amides is 2. The Balaban J connectivity index is 2.42. The maximum Gasteiger partial charge on any atom is 0.358 e. The van der Waals surface area contributed by atoms with Crippen molar-refractivity contribution >= 4 is 22.0 Å². The van der Waals surface area contributed by atoms with Crippen molar-refractivity contribution < 1.29 is 28.3 Å². The van der Waals surface area contributed by atoms with E-state index in [0.717, 1.165) is 12.1 Å². The van der Waals surface area contributed by atoms with E-state index in [1.165, 1.54) is 25.1 Å². The van der Waals surface area contributed by atoms with Gasteiger partial charge in [0, 0.05) is 5.69 Å². The number of rotatable bonds is 3. The van der Waals surface area contributed by atoms with Crippen molar-refractivity contribution in [2.24, 2.45) is 4.99 Å². The van der Waals surface area contributed by atoms with Gasteiger partial charge in [0.1, 0.15) is 4.90 Å². The number of aromatic nitrogens is 2. The minimum atomic E-state index is -4.48. The Kier molecular flexibility index (Phi) is 4.88. The van der Waals surface area contributed by atoms with Crippen molar-refractivity contribution in [2.45, 2.75) is 18.7 Å². The van der Waals surface area contributed by atoms with E-state index >= 15 is 0 Å². The molecule has 0 aliphatic rings. The van der Waals surface area contributed by atoms with E-state index in [1.54, 1.807) is 11.6 Å². The Hall–Kier alpha value is -3.21. The third kappa shape index (κ3) is 4.01. The molecule has 0 atom stereocenters. The Morgan fingerprint density at radius 1 is 1.24 bits per heavy atom. The molecule has 0 spiro atoms. The Labute approximate surface area is 142 Å². The lowest BCUT2D eigenvalue weighted by Gasteiger charge is -2.07. The van der Waals surface area contributed by atoms with Crippen molar-refractivity contribution in [3.05, 3.63) is 52.9 Å². The molecule has 2 rings (SSSR count). The number of benzene rings is 1. The first-order chi connectivity index (χ1) is 11.6. The third-order valence-electron chi connectivity index (χ3n) is 3.05. The number of urea groups is 1. The first-order valence-electron chi connectivity index (χ1n) is 6.82. The van der Waals surface area contributed by atoms with Crippen LogP contribution >= 0.6 is 0 Å². The van der Waals surface area contributed by atoms with Gasteiger partial charge in [-0.3, -0.25) is 0 Å². The number of carbonyl (C=O) groups is 2. The van der Waals surface area contributed by atoms with Crippen molar-refractivity contribution in [3.8, 4) is 0 Å². The molecule has 132 valence electrons. The first-order valence-corrected chi connectivity index (χ1v) is 8.30. The number of nitrogens with one attached hydrogen (secondary N) is 1. The SMILES string of the molecule is Cc1cc(C)n(O)c(=NC(=O)NS(=O)(=O)c2ccccc2C(=O)O)n1. The van der Waals surface area contributed by atoms with Gasteiger partial charge < -0.3 is 10.3 Å². The Morgan fingerprint density at radius 2 is 1.88 bits per heavy atom. The van der Waals surface area contributed by atoms with Crippen LogP contribution in [0.2, 0.25) is 0 Å². The molecule has 0 unspecified atom stereocenters. The van der Waals surface area contributed by atoms with Gasteiger partial charge in [0.2, 0.25) is 0 Å². The normalized spacial score (nSPS) is 12.0. The minimum absolute atomic E-state index is 0.332. The summed E-state index contributed by atoms with van der Waals surface area (Å²) in [7, 11) is -4.48. The lowest BCUT2D eigenvalue weighted by atomic mass is 10.2. The molecule has 2 aromatic rings. The maximum atomic E-state index is 12.2. The van der Waals surface area contributed by atoms with Crippen LogP contribution in [0.5, 0.6) is 0 Å². The zero-order valence-electron chi connectivity index (χ0n) is 13.2. The van der Waals surface area contributed by atoms with Gasteiger partial charge in [-0.15, -0.1) is 0 Å². The second-order valence-corrected chi connectivity index (χ2v) is 6.63. The molecule has 0 bridgehead atoms. The second kappa shape index (κ2) is 6.73. The molecular weight excluding hydrogens is 352 g/mol. The summed E-state index contributed by atoms with van der Waals surface area (Å²) in [5.41, 5.74) is -0.132. The van der Waals surface area contributed by atoms with Crippen molar-refractivity contribution in [2.75, 3.05) is 0 Å². The number of carbonyl (C=O) groups excluding carboxylic acids is 1. The smallest absolute Gasteiger partial charge is 0.358 e.